The van der Waals surface area contributed by atoms with Gasteiger partial charge in [0.05, 0.1) is 24.4 Å². The van der Waals surface area contributed by atoms with E-state index in [1.165, 1.54) is 0 Å². The second-order valence-electron chi connectivity index (χ2n) is 6.61. The maximum Gasteiger partial charge on any atom is 0.224 e. The Hall–Kier alpha value is -4.33. The number of fused-ring (bicyclic) bond motifs is 1. The van der Waals surface area contributed by atoms with Gasteiger partial charge in [-0.25, -0.2) is 0 Å². The second-order valence-corrected chi connectivity index (χ2v) is 6.61. The SMILES string of the molecule is COc1ccc(-c2ccccc2)cc1Nc1nc(N)nc2n[nH]c(-c3ccco3)c12. The highest BCUT2D eigenvalue weighted by Gasteiger charge is 2.19. The van der Waals surface area contributed by atoms with Crippen LogP contribution in [-0.2, 0) is 0 Å². The lowest BCUT2D eigenvalue weighted by molar-refractivity contribution is 0.417. The van der Waals surface area contributed by atoms with Crippen molar-refractivity contribution in [2.24, 2.45) is 0 Å². The summed E-state index contributed by atoms with van der Waals surface area (Å²) in [6.07, 6.45) is 1.60. The number of rotatable bonds is 5. The summed E-state index contributed by atoms with van der Waals surface area (Å²) in [6, 6.07) is 19.7. The molecule has 8 nitrogen and oxygen atoms in total. The molecule has 2 aromatic carbocycles. The summed E-state index contributed by atoms with van der Waals surface area (Å²) < 4.78 is 11.1. The molecule has 4 N–H and O–H groups in total. The number of H-pyrrole nitrogens is 1. The first-order chi connectivity index (χ1) is 14.7. The molecule has 0 fully saturated rings. The fourth-order valence-corrected chi connectivity index (χ4v) is 3.37. The van der Waals surface area contributed by atoms with Crippen molar-refractivity contribution in [1.82, 2.24) is 20.2 Å². The third-order valence-corrected chi connectivity index (χ3v) is 4.76. The molecule has 5 aromatic rings. The third-order valence-electron chi connectivity index (χ3n) is 4.76. The molecule has 3 aromatic heterocycles. The average Bonchev–Trinajstić information content (AvgIpc) is 3.44. The standard InChI is InChI=1S/C22H18N6O2/c1-29-16-10-9-14(13-6-3-2-4-7-13)12-15(16)24-20-18-19(17-8-5-11-30-17)27-28-21(18)26-22(23)25-20/h2-12H,1H3,(H4,23,24,25,26,27,28). The maximum atomic E-state index is 5.93. The van der Waals surface area contributed by atoms with Gasteiger partial charge in [0.25, 0.3) is 0 Å². The minimum atomic E-state index is 0.112. The minimum Gasteiger partial charge on any atom is -0.495 e. The lowest BCUT2D eigenvalue weighted by Crippen LogP contribution is -2.02. The zero-order chi connectivity index (χ0) is 20.5. The third kappa shape index (κ3) is 3.10. The van der Waals surface area contributed by atoms with Crippen LogP contribution in [0.3, 0.4) is 0 Å². The number of furan rings is 1. The molecule has 0 bridgehead atoms. The van der Waals surface area contributed by atoms with Crippen LogP contribution in [0.1, 0.15) is 0 Å². The molecular weight excluding hydrogens is 380 g/mol. The van der Waals surface area contributed by atoms with Gasteiger partial charge in [-0.15, -0.1) is 0 Å². The van der Waals surface area contributed by atoms with Crippen molar-refractivity contribution >= 4 is 28.5 Å². The number of nitrogens with one attached hydrogen (secondary N) is 2. The van der Waals surface area contributed by atoms with Gasteiger partial charge in [0.1, 0.15) is 17.3 Å². The first-order valence-electron chi connectivity index (χ1n) is 9.29. The van der Waals surface area contributed by atoms with Crippen molar-refractivity contribution in [2.45, 2.75) is 0 Å². The zero-order valence-electron chi connectivity index (χ0n) is 16.1. The number of hydrogen-bond acceptors (Lipinski definition) is 7. The van der Waals surface area contributed by atoms with Crippen LogP contribution in [0.4, 0.5) is 17.5 Å². The van der Waals surface area contributed by atoms with E-state index in [1.807, 2.05) is 42.5 Å². The lowest BCUT2D eigenvalue weighted by Gasteiger charge is -2.14. The van der Waals surface area contributed by atoms with Gasteiger partial charge in [-0.2, -0.15) is 15.1 Å². The fourth-order valence-electron chi connectivity index (χ4n) is 3.37. The molecule has 5 rings (SSSR count). The van der Waals surface area contributed by atoms with Gasteiger partial charge >= 0.3 is 0 Å². The Morgan fingerprint density at radius 1 is 1.00 bits per heavy atom. The summed E-state index contributed by atoms with van der Waals surface area (Å²) in [4.78, 5) is 8.64. The van der Waals surface area contributed by atoms with Crippen molar-refractivity contribution < 1.29 is 9.15 Å². The zero-order valence-corrected chi connectivity index (χ0v) is 16.1. The van der Waals surface area contributed by atoms with Crippen molar-refractivity contribution in [3.05, 3.63) is 66.9 Å². The summed E-state index contributed by atoms with van der Waals surface area (Å²) in [6.45, 7) is 0. The van der Waals surface area contributed by atoms with Gasteiger partial charge in [-0.05, 0) is 35.4 Å². The molecule has 0 spiro atoms. The van der Waals surface area contributed by atoms with Gasteiger partial charge < -0.3 is 20.2 Å². The molecule has 0 aliphatic rings. The van der Waals surface area contributed by atoms with E-state index in [4.69, 9.17) is 14.9 Å². The lowest BCUT2D eigenvalue weighted by atomic mass is 10.0. The molecule has 0 amide bonds. The molecule has 3 heterocycles. The largest absolute Gasteiger partial charge is 0.495 e. The van der Waals surface area contributed by atoms with Crippen molar-refractivity contribution in [1.29, 1.82) is 0 Å². The van der Waals surface area contributed by atoms with E-state index >= 15 is 0 Å². The van der Waals surface area contributed by atoms with E-state index in [-0.39, 0.29) is 5.95 Å². The summed E-state index contributed by atoms with van der Waals surface area (Å²) >= 11 is 0. The molecule has 0 saturated heterocycles. The summed E-state index contributed by atoms with van der Waals surface area (Å²) in [5.74, 6) is 1.91. The van der Waals surface area contributed by atoms with Gasteiger partial charge in [0.15, 0.2) is 11.4 Å². The Balaban J connectivity index is 1.65. The quantitative estimate of drug-likeness (QED) is 0.396. The van der Waals surface area contributed by atoms with Gasteiger partial charge in [-0.1, -0.05) is 36.4 Å². The van der Waals surface area contributed by atoms with Crippen LogP contribution in [0.5, 0.6) is 5.75 Å². The monoisotopic (exact) mass is 398 g/mol. The Bertz CT molecular complexity index is 1310. The smallest absolute Gasteiger partial charge is 0.224 e. The molecule has 0 aliphatic carbocycles. The predicted molar refractivity (Wildman–Crippen MR) is 116 cm³/mol. The Labute approximate surface area is 171 Å². The van der Waals surface area contributed by atoms with Crippen LogP contribution in [0.2, 0.25) is 0 Å². The van der Waals surface area contributed by atoms with Gasteiger partial charge in [0, 0.05) is 0 Å². The first kappa shape index (κ1) is 17.7. The van der Waals surface area contributed by atoms with E-state index in [9.17, 15) is 0 Å². The number of anilines is 3. The molecule has 0 saturated carbocycles. The van der Waals surface area contributed by atoms with Gasteiger partial charge in [-0.3, -0.25) is 5.10 Å². The normalized spacial score (nSPS) is 11.0. The van der Waals surface area contributed by atoms with E-state index in [2.05, 4.69) is 37.6 Å². The Kier molecular flexibility index (Phi) is 4.29. The number of nitrogens with zero attached hydrogens (tertiary/aromatic N) is 3. The molecule has 0 radical (unpaired) electrons. The molecular formula is C22H18N6O2. The summed E-state index contributed by atoms with van der Waals surface area (Å²) in [5, 5.41) is 11.2. The van der Waals surface area contributed by atoms with E-state index in [1.54, 1.807) is 19.4 Å². The summed E-state index contributed by atoms with van der Waals surface area (Å²) in [7, 11) is 1.62. The minimum absolute atomic E-state index is 0.112. The fraction of sp³-hybridized carbons (Fsp3) is 0.0455. The van der Waals surface area contributed by atoms with Crippen molar-refractivity contribution in [3.8, 4) is 28.3 Å². The highest BCUT2D eigenvalue weighted by molar-refractivity contribution is 5.99. The highest BCUT2D eigenvalue weighted by Crippen LogP contribution is 2.36. The van der Waals surface area contributed by atoms with Crippen LogP contribution in [-0.4, -0.2) is 27.3 Å². The molecule has 0 unspecified atom stereocenters. The number of nitrogen functional groups attached to an aromatic ring is 1. The maximum absolute atomic E-state index is 5.93. The molecule has 0 atom stereocenters. The molecule has 8 heteroatoms. The number of nitrogens with two attached hydrogens (primary N) is 1. The van der Waals surface area contributed by atoms with Crippen molar-refractivity contribution in [3.63, 3.8) is 0 Å². The van der Waals surface area contributed by atoms with Crippen LogP contribution < -0.4 is 15.8 Å². The number of hydrogen-bond donors (Lipinski definition) is 3. The number of methoxy groups -OCH3 is 1. The predicted octanol–water partition coefficient (Wildman–Crippen LogP) is 4.61. The Morgan fingerprint density at radius 3 is 2.63 bits per heavy atom. The topological polar surface area (TPSA) is 115 Å². The number of aromatic nitrogens is 4. The number of aromatic amines is 1. The molecule has 30 heavy (non-hydrogen) atoms. The van der Waals surface area contributed by atoms with Crippen LogP contribution in [0.15, 0.2) is 71.3 Å². The summed E-state index contributed by atoms with van der Waals surface area (Å²) in [5.41, 5.74) is 9.90. The van der Waals surface area contributed by atoms with Crippen LogP contribution in [0.25, 0.3) is 33.6 Å². The first-order valence-corrected chi connectivity index (χ1v) is 9.29. The number of ether oxygens (including phenoxy) is 1. The molecule has 148 valence electrons. The average molecular weight is 398 g/mol. The van der Waals surface area contributed by atoms with Gasteiger partial charge in [0.2, 0.25) is 5.95 Å². The second kappa shape index (κ2) is 7.25. The molecule has 0 aliphatic heterocycles. The van der Waals surface area contributed by atoms with Crippen LogP contribution >= 0.6 is 0 Å². The number of benzene rings is 2. The van der Waals surface area contributed by atoms with Crippen LogP contribution in [0, 0.1) is 0 Å². The highest BCUT2D eigenvalue weighted by atomic mass is 16.5. The van der Waals surface area contributed by atoms with E-state index in [0.717, 1.165) is 16.8 Å². The Morgan fingerprint density at radius 2 is 1.87 bits per heavy atom. The van der Waals surface area contributed by atoms with Crippen molar-refractivity contribution in [2.75, 3.05) is 18.2 Å². The van der Waals surface area contributed by atoms with E-state index in [0.29, 0.717) is 34.1 Å². The van der Waals surface area contributed by atoms with E-state index < -0.39 is 0 Å².